The van der Waals surface area contributed by atoms with Gasteiger partial charge in [-0.05, 0) is 23.8 Å². The lowest BCUT2D eigenvalue weighted by atomic mass is 10.2. The van der Waals surface area contributed by atoms with Gasteiger partial charge in [0.25, 0.3) is 0 Å². The Balaban J connectivity index is 1.82. The fraction of sp³-hybridized carbons (Fsp3) is 0.133. The predicted molar refractivity (Wildman–Crippen MR) is 80.2 cm³/mol. The quantitative estimate of drug-likeness (QED) is 0.769. The van der Waals surface area contributed by atoms with Gasteiger partial charge in [-0.3, -0.25) is 4.57 Å². The summed E-state index contributed by atoms with van der Waals surface area (Å²) in [7, 11) is 1.58. The number of carbonyl (C=O) groups is 1. The van der Waals surface area contributed by atoms with Crippen LogP contribution < -0.4 is 10.6 Å². The van der Waals surface area contributed by atoms with Crippen molar-refractivity contribution < 1.29 is 4.79 Å². The summed E-state index contributed by atoms with van der Waals surface area (Å²) >= 11 is 0. The molecule has 3 rings (SSSR count). The Labute approximate surface area is 121 Å². The maximum Gasteiger partial charge on any atom is 0.314 e. The number of amides is 2. The largest absolute Gasteiger partial charge is 0.341 e. The molecule has 2 aromatic heterocycles. The van der Waals surface area contributed by atoms with Gasteiger partial charge in [0, 0.05) is 19.8 Å². The highest BCUT2D eigenvalue weighted by molar-refractivity contribution is 5.76. The molecule has 3 aromatic rings. The molecule has 0 bridgehead atoms. The molecule has 0 aliphatic rings. The summed E-state index contributed by atoms with van der Waals surface area (Å²) in [6, 6.07) is 11.5. The number of nitrogens with zero attached hydrogens (tertiary/aromatic N) is 3. The Morgan fingerprint density at radius 3 is 2.81 bits per heavy atom. The van der Waals surface area contributed by atoms with E-state index < -0.39 is 0 Å². The number of pyridine rings is 1. The molecule has 0 saturated heterocycles. The van der Waals surface area contributed by atoms with E-state index in [1.807, 2.05) is 41.0 Å². The van der Waals surface area contributed by atoms with E-state index in [0.29, 0.717) is 6.54 Å². The first-order chi connectivity index (χ1) is 10.3. The molecule has 2 N–H and O–H groups in total. The van der Waals surface area contributed by atoms with Crippen LogP contribution in [0.3, 0.4) is 0 Å². The lowest BCUT2D eigenvalue weighted by molar-refractivity contribution is 0.242. The molecule has 0 atom stereocenters. The second kappa shape index (κ2) is 5.62. The summed E-state index contributed by atoms with van der Waals surface area (Å²) in [5, 5.41) is 5.23. The van der Waals surface area contributed by atoms with Gasteiger partial charge in [-0.15, -0.1) is 0 Å². The minimum Gasteiger partial charge on any atom is -0.341 e. The van der Waals surface area contributed by atoms with Crippen LogP contribution in [0, 0.1) is 0 Å². The van der Waals surface area contributed by atoms with Crippen LogP contribution in [-0.4, -0.2) is 27.6 Å². The van der Waals surface area contributed by atoms with Crippen molar-refractivity contribution in [2.75, 3.05) is 7.05 Å². The van der Waals surface area contributed by atoms with E-state index in [-0.39, 0.29) is 6.03 Å². The fourth-order valence-electron chi connectivity index (χ4n) is 2.08. The molecule has 2 heterocycles. The molecule has 6 nitrogen and oxygen atoms in total. The molecule has 0 radical (unpaired) electrons. The second-order valence-corrected chi connectivity index (χ2v) is 4.56. The van der Waals surface area contributed by atoms with Crippen molar-refractivity contribution in [3.05, 3.63) is 54.5 Å². The number of hydrogen-bond donors (Lipinski definition) is 2. The van der Waals surface area contributed by atoms with Gasteiger partial charge in [-0.2, -0.15) is 0 Å². The number of benzene rings is 1. The van der Waals surface area contributed by atoms with Crippen molar-refractivity contribution in [3.8, 4) is 5.82 Å². The van der Waals surface area contributed by atoms with Crippen LogP contribution in [0.2, 0.25) is 0 Å². The average Bonchev–Trinajstić information content (AvgIpc) is 2.97. The first-order valence-corrected chi connectivity index (χ1v) is 6.61. The summed E-state index contributed by atoms with van der Waals surface area (Å²) in [4.78, 5) is 19.9. The maximum atomic E-state index is 11.1. The topological polar surface area (TPSA) is 71.8 Å². The number of imidazole rings is 1. The van der Waals surface area contributed by atoms with Crippen LogP contribution in [0.15, 0.2) is 48.9 Å². The zero-order valence-corrected chi connectivity index (χ0v) is 11.6. The van der Waals surface area contributed by atoms with Gasteiger partial charge < -0.3 is 10.6 Å². The molecule has 1 aromatic carbocycles. The standard InChI is InChI=1S/C15H15N5O/c1-16-15(21)18-9-11-6-7-14(17-8-11)20-10-19-12-4-2-3-5-13(12)20/h2-8,10H,9H2,1H3,(H2,16,18,21). The van der Waals surface area contributed by atoms with Crippen molar-refractivity contribution in [1.29, 1.82) is 0 Å². The third-order valence-electron chi connectivity index (χ3n) is 3.19. The highest BCUT2D eigenvalue weighted by atomic mass is 16.2. The molecule has 106 valence electrons. The molecular formula is C15H15N5O. The van der Waals surface area contributed by atoms with Crippen LogP contribution in [0.5, 0.6) is 0 Å². The van der Waals surface area contributed by atoms with Crippen molar-refractivity contribution in [1.82, 2.24) is 25.2 Å². The Morgan fingerprint density at radius 2 is 2.05 bits per heavy atom. The molecule has 21 heavy (non-hydrogen) atoms. The second-order valence-electron chi connectivity index (χ2n) is 4.56. The molecular weight excluding hydrogens is 266 g/mol. The van der Waals surface area contributed by atoms with Crippen LogP contribution in [0.4, 0.5) is 4.79 Å². The number of fused-ring (bicyclic) bond motifs is 1. The zero-order valence-electron chi connectivity index (χ0n) is 11.6. The van der Waals surface area contributed by atoms with E-state index in [4.69, 9.17) is 0 Å². The van der Waals surface area contributed by atoms with Crippen molar-refractivity contribution >= 4 is 17.1 Å². The summed E-state index contributed by atoms with van der Waals surface area (Å²) in [6.07, 6.45) is 3.51. The highest BCUT2D eigenvalue weighted by Gasteiger charge is 2.05. The van der Waals surface area contributed by atoms with E-state index in [1.54, 1.807) is 19.6 Å². The lowest BCUT2D eigenvalue weighted by Gasteiger charge is -2.06. The number of carbonyl (C=O) groups excluding carboxylic acids is 1. The van der Waals surface area contributed by atoms with Crippen molar-refractivity contribution in [2.45, 2.75) is 6.54 Å². The van der Waals surface area contributed by atoms with Gasteiger partial charge in [-0.25, -0.2) is 14.8 Å². The number of nitrogens with one attached hydrogen (secondary N) is 2. The summed E-state index contributed by atoms with van der Waals surface area (Å²) < 4.78 is 1.94. The number of urea groups is 1. The van der Waals surface area contributed by atoms with Gasteiger partial charge in [0.05, 0.1) is 11.0 Å². The van der Waals surface area contributed by atoms with E-state index in [9.17, 15) is 4.79 Å². The van der Waals surface area contributed by atoms with Crippen molar-refractivity contribution in [3.63, 3.8) is 0 Å². The highest BCUT2D eigenvalue weighted by Crippen LogP contribution is 2.16. The van der Waals surface area contributed by atoms with E-state index in [2.05, 4.69) is 20.6 Å². The Bertz CT molecular complexity index is 763. The van der Waals surface area contributed by atoms with Gasteiger partial charge in [-0.1, -0.05) is 18.2 Å². The third-order valence-corrected chi connectivity index (χ3v) is 3.19. The molecule has 0 aliphatic heterocycles. The minimum atomic E-state index is -0.209. The smallest absolute Gasteiger partial charge is 0.314 e. The monoisotopic (exact) mass is 281 g/mol. The number of hydrogen-bond acceptors (Lipinski definition) is 3. The molecule has 0 fully saturated rings. The zero-order chi connectivity index (χ0) is 14.7. The van der Waals surface area contributed by atoms with Gasteiger partial charge >= 0.3 is 6.03 Å². The predicted octanol–water partition coefficient (Wildman–Crippen LogP) is 1.85. The van der Waals surface area contributed by atoms with Crippen LogP contribution in [0.1, 0.15) is 5.56 Å². The Kier molecular flexibility index (Phi) is 3.51. The lowest BCUT2D eigenvalue weighted by Crippen LogP contribution is -2.32. The molecule has 0 spiro atoms. The maximum absolute atomic E-state index is 11.1. The van der Waals surface area contributed by atoms with E-state index in [0.717, 1.165) is 22.4 Å². The van der Waals surface area contributed by atoms with Crippen molar-refractivity contribution in [2.24, 2.45) is 0 Å². The first kappa shape index (κ1) is 13.1. The minimum absolute atomic E-state index is 0.209. The first-order valence-electron chi connectivity index (χ1n) is 6.61. The average molecular weight is 281 g/mol. The summed E-state index contributed by atoms with van der Waals surface area (Å²) in [5.74, 6) is 0.799. The Hall–Kier alpha value is -2.89. The molecule has 2 amide bonds. The molecule has 0 saturated carbocycles. The van der Waals surface area contributed by atoms with Gasteiger partial charge in [0.1, 0.15) is 12.1 Å². The van der Waals surface area contributed by atoms with Gasteiger partial charge in [0.15, 0.2) is 0 Å². The van der Waals surface area contributed by atoms with Crippen LogP contribution in [0.25, 0.3) is 16.9 Å². The van der Waals surface area contributed by atoms with Gasteiger partial charge in [0.2, 0.25) is 0 Å². The fourth-order valence-corrected chi connectivity index (χ4v) is 2.08. The van der Waals surface area contributed by atoms with Crippen LogP contribution >= 0.6 is 0 Å². The normalized spacial score (nSPS) is 10.5. The van der Waals surface area contributed by atoms with E-state index in [1.165, 1.54) is 0 Å². The molecule has 0 unspecified atom stereocenters. The molecule has 0 aliphatic carbocycles. The molecule has 6 heteroatoms. The summed E-state index contributed by atoms with van der Waals surface area (Å²) in [6.45, 7) is 0.442. The number of para-hydroxylation sites is 2. The SMILES string of the molecule is CNC(=O)NCc1ccc(-n2cnc3ccccc32)nc1. The van der Waals surface area contributed by atoms with E-state index >= 15 is 0 Å². The third kappa shape index (κ3) is 2.69. The van der Waals surface area contributed by atoms with Crippen LogP contribution in [-0.2, 0) is 6.54 Å². The summed E-state index contributed by atoms with van der Waals surface area (Å²) in [5.41, 5.74) is 2.89. The Morgan fingerprint density at radius 1 is 1.19 bits per heavy atom. The number of rotatable bonds is 3. The number of aromatic nitrogens is 3.